The lowest BCUT2D eigenvalue weighted by Gasteiger charge is -2.48. The summed E-state index contributed by atoms with van der Waals surface area (Å²) in [6.07, 6.45) is -8.55. The summed E-state index contributed by atoms with van der Waals surface area (Å²) in [6, 6.07) is 0. The summed E-state index contributed by atoms with van der Waals surface area (Å²) >= 11 is 0. The molecule has 0 saturated carbocycles. The van der Waals surface area contributed by atoms with Crippen molar-refractivity contribution in [2.75, 3.05) is 0 Å². The van der Waals surface area contributed by atoms with Crippen LogP contribution in [0.5, 0.6) is 0 Å². The molecule has 1 aliphatic heterocycles. The molecule has 0 amide bonds. The predicted molar refractivity (Wildman–Crippen MR) is 64.8 cm³/mol. The Morgan fingerprint density at radius 2 is 1.43 bits per heavy atom. The van der Waals surface area contributed by atoms with Gasteiger partial charge in [0.05, 0.1) is 0 Å². The van der Waals surface area contributed by atoms with Crippen LogP contribution in [0.25, 0.3) is 0 Å². The van der Waals surface area contributed by atoms with Crippen molar-refractivity contribution in [3.05, 3.63) is 0 Å². The molecule has 0 aromatic rings. The summed E-state index contributed by atoms with van der Waals surface area (Å²) in [5.74, 6) is -6.34. The lowest BCUT2D eigenvalue weighted by molar-refractivity contribution is -0.342. The maximum absolute atomic E-state index is 11.5. The van der Waals surface area contributed by atoms with Crippen LogP contribution in [0.15, 0.2) is 0 Å². The zero-order valence-corrected chi connectivity index (χ0v) is 11.7. The summed E-state index contributed by atoms with van der Waals surface area (Å²) in [5, 5.41) is 49.3. The average Bonchev–Trinajstić information content (AvgIpc) is 2.38. The van der Waals surface area contributed by atoms with Gasteiger partial charge in [-0.1, -0.05) is 0 Å². The van der Waals surface area contributed by atoms with Gasteiger partial charge in [-0.2, -0.15) is 0 Å². The molecule has 9 heteroatoms. The van der Waals surface area contributed by atoms with Gasteiger partial charge in [0.25, 0.3) is 5.79 Å². The van der Waals surface area contributed by atoms with Gasteiger partial charge in [-0.25, -0.2) is 0 Å². The second-order valence-corrected chi connectivity index (χ2v) is 5.10. The summed E-state index contributed by atoms with van der Waals surface area (Å²) in [5.41, 5.74) is -2.88. The molecule has 1 rings (SSSR count). The zero-order valence-electron chi connectivity index (χ0n) is 11.7. The van der Waals surface area contributed by atoms with Crippen molar-refractivity contribution in [3.8, 4) is 0 Å². The van der Waals surface area contributed by atoms with Crippen molar-refractivity contribution in [3.63, 3.8) is 0 Å². The molecule has 1 saturated heterocycles. The lowest BCUT2D eigenvalue weighted by atomic mass is 9.79. The molecule has 9 nitrogen and oxygen atoms in total. The van der Waals surface area contributed by atoms with E-state index in [0.29, 0.717) is 0 Å². The summed E-state index contributed by atoms with van der Waals surface area (Å²) in [4.78, 5) is 34.5. The molecular formula is C12H18O9. The summed E-state index contributed by atoms with van der Waals surface area (Å²) in [7, 11) is 0. The van der Waals surface area contributed by atoms with E-state index < -0.39 is 53.2 Å². The fraction of sp³-hybridized carbons (Fsp3) is 0.750. The normalized spacial score (nSPS) is 37.1. The standard InChI is InChI=1S/C12H18O9/c1-4(13)11(19,5(2)14)10-8(17)7(16)9(18)12(20,21-10)6(3)15/h7-10,16-20H,1-3H3/t7-,8+,9+,10-,12+/m0/s1. The van der Waals surface area contributed by atoms with Crippen molar-refractivity contribution < 1.29 is 44.7 Å². The first kappa shape index (κ1) is 17.8. The van der Waals surface area contributed by atoms with E-state index in [-0.39, 0.29) is 0 Å². The number of hydrogen-bond acceptors (Lipinski definition) is 9. The van der Waals surface area contributed by atoms with Crippen molar-refractivity contribution in [2.45, 2.75) is 56.6 Å². The fourth-order valence-corrected chi connectivity index (χ4v) is 2.20. The molecule has 5 N–H and O–H groups in total. The van der Waals surface area contributed by atoms with Crippen LogP contribution < -0.4 is 0 Å². The highest BCUT2D eigenvalue weighted by Crippen LogP contribution is 2.34. The summed E-state index contributed by atoms with van der Waals surface area (Å²) < 4.78 is 4.77. The van der Waals surface area contributed by atoms with E-state index in [1.807, 2.05) is 0 Å². The van der Waals surface area contributed by atoms with Gasteiger partial charge in [0, 0.05) is 6.92 Å². The molecule has 1 fully saturated rings. The van der Waals surface area contributed by atoms with Crippen molar-refractivity contribution in [1.82, 2.24) is 0 Å². The molecule has 120 valence electrons. The minimum atomic E-state index is -2.97. The van der Waals surface area contributed by atoms with Crippen LogP contribution in [-0.2, 0) is 19.1 Å². The second kappa shape index (κ2) is 5.52. The Balaban J connectivity index is 3.38. The van der Waals surface area contributed by atoms with Crippen LogP contribution >= 0.6 is 0 Å². The molecule has 0 radical (unpaired) electrons. The highest BCUT2D eigenvalue weighted by atomic mass is 16.7. The third kappa shape index (κ3) is 2.52. The van der Waals surface area contributed by atoms with Gasteiger partial charge >= 0.3 is 0 Å². The molecule has 21 heavy (non-hydrogen) atoms. The smallest absolute Gasteiger partial charge is 0.256 e. The number of hydrogen-bond donors (Lipinski definition) is 5. The van der Waals surface area contributed by atoms with Crippen LogP contribution in [0.2, 0.25) is 0 Å². The van der Waals surface area contributed by atoms with Crippen LogP contribution in [0.1, 0.15) is 20.8 Å². The Labute approximate surface area is 119 Å². The maximum atomic E-state index is 11.5. The first-order chi connectivity index (χ1) is 9.40. The minimum absolute atomic E-state index is 0.825. The van der Waals surface area contributed by atoms with Gasteiger partial charge in [-0.05, 0) is 13.8 Å². The van der Waals surface area contributed by atoms with Crippen molar-refractivity contribution in [2.24, 2.45) is 0 Å². The Kier molecular flexibility index (Phi) is 4.68. The van der Waals surface area contributed by atoms with Gasteiger partial charge in [0.2, 0.25) is 5.60 Å². The van der Waals surface area contributed by atoms with Gasteiger partial charge in [-0.15, -0.1) is 0 Å². The highest BCUT2D eigenvalue weighted by Gasteiger charge is 2.63. The van der Waals surface area contributed by atoms with Gasteiger partial charge in [-0.3, -0.25) is 14.4 Å². The van der Waals surface area contributed by atoms with E-state index >= 15 is 0 Å². The molecular weight excluding hydrogens is 288 g/mol. The van der Waals surface area contributed by atoms with E-state index in [4.69, 9.17) is 4.74 Å². The van der Waals surface area contributed by atoms with Crippen LogP contribution in [0, 0.1) is 0 Å². The quantitative estimate of drug-likeness (QED) is 0.334. The van der Waals surface area contributed by atoms with E-state index in [1.54, 1.807) is 0 Å². The number of aliphatic hydroxyl groups excluding tert-OH is 3. The number of ketones is 3. The number of carbonyl (C=O) groups excluding carboxylic acids is 3. The molecule has 1 aliphatic rings. The number of rotatable bonds is 4. The third-order valence-electron chi connectivity index (χ3n) is 3.68. The van der Waals surface area contributed by atoms with E-state index in [1.165, 1.54) is 0 Å². The Morgan fingerprint density at radius 3 is 1.76 bits per heavy atom. The van der Waals surface area contributed by atoms with Crippen LogP contribution in [0.4, 0.5) is 0 Å². The largest absolute Gasteiger partial charge is 0.387 e. The van der Waals surface area contributed by atoms with Gasteiger partial charge in [0.1, 0.15) is 24.4 Å². The number of aliphatic hydroxyl groups is 5. The zero-order chi connectivity index (χ0) is 16.7. The topological polar surface area (TPSA) is 162 Å². The average molecular weight is 306 g/mol. The first-order valence-corrected chi connectivity index (χ1v) is 6.10. The van der Waals surface area contributed by atoms with E-state index in [9.17, 15) is 39.9 Å². The van der Waals surface area contributed by atoms with E-state index in [0.717, 1.165) is 20.8 Å². The fourth-order valence-electron chi connectivity index (χ4n) is 2.20. The molecule has 0 spiro atoms. The maximum Gasteiger partial charge on any atom is 0.256 e. The van der Waals surface area contributed by atoms with E-state index in [2.05, 4.69) is 0 Å². The Morgan fingerprint density at radius 1 is 1.00 bits per heavy atom. The van der Waals surface area contributed by atoms with Crippen molar-refractivity contribution in [1.29, 1.82) is 0 Å². The third-order valence-corrected chi connectivity index (χ3v) is 3.68. The molecule has 0 aliphatic carbocycles. The lowest BCUT2D eigenvalue weighted by Crippen LogP contribution is -2.73. The number of Topliss-reactive ketones (excluding diaryl/α,β-unsaturated/α-hetero) is 3. The predicted octanol–water partition coefficient (Wildman–Crippen LogP) is -3.35. The SMILES string of the molecule is CC(=O)C(O)(C(C)=O)[C@H]1O[C@](O)(C(C)=O)[C@H](O)[C@@H](O)[C@H]1O. The molecule has 0 unspecified atom stereocenters. The van der Waals surface area contributed by atoms with Crippen LogP contribution in [-0.4, -0.2) is 78.7 Å². The Bertz CT molecular complexity index is 459. The minimum Gasteiger partial charge on any atom is -0.387 e. The van der Waals surface area contributed by atoms with Gasteiger partial charge in [0.15, 0.2) is 17.3 Å². The highest BCUT2D eigenvalue weighted by molar-refractivity contribution is 6.09. The van der Waals surface area contributed by atoms with Crippen molar-refractivity contribution >= 4 is 17.3 Å². The van der Waals surface area contributed by atoms with Gasteiger partial charge < -0.3 is 30.3 Å². The molecule has 5 atom stereocenters. The monoisotopic (exact) mass is 306 g/mol. The molecule has 0 bridgehead atoms. The first-order valence-electron chi connectivity index (χ1n) is 6.10. The molecule has 1 heterocycles. The Hall–Kier alpha value is -1.23. The second-order valence-electron chi connectivity index (χ2n) is 5.10. The summed E-state index contributed by atoms with van der Waals surface area (Å²) in [6.45, 7) is 2.49. The molecule has 0 aromatic carbocycles. The number of carbonyl (C=O) groups is 3. The number of ether oxygens (including phenoxy) is 1. The molecule has 0 aromatic heterocycles. The van der Waals surface area contributed by atoms with Crippen LogP contribution in [0.3, 0.4) is 0 Å².